The third-order valence-corrected chi connectivity index (χ3v) is 4.51. The molecule has 5 heteroatoms. The number of aryl methyl sites for hydroxylation is 1. The zero-order valence-electron chi connectivity index (χ0n) is 9.19. The van der Waals surface area contributed by atoms with Gasteiger partial charge >= 0.3 is 0 Å². The maximum absolute atomic E-state index is 12.3. The Morgan fingerprint density at radius 1 is 1.38 bits per heavy atom. The minimum absolute atomic E-state index is 0.233. The van der Waals surface area contributed by atoms with Crippen molar-refractivity contribution in [3.05, 3.63) is 10.3 Å². The molecule has 1 aromatic rings. The molecule has 2 fully saturated rings. The number of carbonyl (C=O) groups excluding carboxylic acids is 1. The summed E-state index contributed by atoms with van der Waals surface area (Å²) >= 11 is 3.30. The Bertz CT molecular complexity index is 411. The van der Waals surface area contributed by atoms with Crippen molar-refractivity contribution < 1.29 is 4.79 Å². The molecule has 0 aromatic carbocycles. The minimum atomic E-state index is 0.233. The Hall–Kier alpha value is -0.710. The highest BCUT2D eigenvalue weighted by Gasteiger charge is 2.55. The molecule has 2 atom stereocenters. The van der Waals surface area contributed by atoms with E-state index in [-0.39, 0.29) is 11.7 Å². The largest absolute Gasteiger partial charge is 0.292 e. The maximum atomic E-state index is 12.3. The zero-order valence-corrected chi connectivity index (χ0v) is 10.8. The average molecular weight is 284 g/mol. The molecule has 2 saturated carbocycles. The number of nitrogens with zero attached hydrogens (tertiary/aromatic N) is 3. The number of hydrogen-bond donors (Lipinski definition) is 0. The molecular weight excluding hydrogens is 270 g/mol. The maximum Gasteiger partial charge on any atom is 0.187 e. The molecule has 0 saturated heterocycles. The summed E-state index contributed by atoms with van der Waals surface area (Å²) in [6.07, 6.45) is 5.03. The first-order chi connectivity index (χ1) is 7.70. The van der Waals surface area contributed by atoms with Gasteiger partial charge in [-0.3, -0.25) is 4.79 Å². The lowest BCUT2D eigenvalue weighted by atomic mass is 10.0. The van der Waals surface area contributed by atoms with Crippen molar-refractivity contribution in [2.75, 3.05) is 0 Å². The van der Waals surface area contributed by atoms with Crippen molar-refractivity contribution in [3.8, 4) is 0 Å². The summed E-state index contributed by atoms with van der Waals surface area (Å²) < 4.78 is 2.17. The van der Waals surface area contributed by atoms with Gasteiger partial charge in [0.1, 0.15) is 5.69 Å². The molecule has 2 aliphatic carbocycles. The van der Waals surface area contributed by atoms with Crippen LogP contribution in [0.15, 0.2) is 4.60 Å². The first-order valence-electron chi connectivity index (χ1n) is 5.79. The summed E-state index contributed by atoms with van der Waals surface area (Å²) in [6, 6.07) is 0. The Kier molecular flexibility index (Phi) is 2.38. The van der Waals surface area contributed by atoms with E-state index in [1.54, 1.807) is 11.7 Å². The molecule has 0 amide bonds. The molecular formula is C11H14BrN3O. The summed E-state index contributed by atoms with van der Waals surface area (Å²) in [7, 11) is 1.77. The van der Waals surface area contributed by atoms with Gasteiger partial charge in [-0.05, 0) is 40.6 Å². The molecule has 1 aromatic heterocycles. The quantitative estimate of drug-likeness (QED) is 0.782. The topological polar surface area (TPSA) is 47.8 Å². The van der Waals surface area contributed by atoms with Crippen LogP contribution >= 0.6 is 15.9 Å². The lowest BCUT2D eigenvalue weighted by Gasteiger charge is -2.04. The molecule has 2 aliphatic rings. The second kappa shape index (κ2) is 3.65. The molecule has 2 unspecified atom stereocenters. The van der Waals surface area contributed by atoms with Crippen LogP contribution < -0.4 is 0 Å². The SMILES string of the molecule is Cn1nnc(Br)c1C(=O)C1C2CCCCC21. The van der Waals surface area contributed by atoms with Crippen LogP contribution in [0.25, 0.3) is 0 Å². The van der Waals surface area contributed by atoms with E-state index in [4.69, 9.17) is 0 Å². The first kappa shape index (κ1) is 10.4. The third-order valence-electron chi connectivity index (χ3n) is 3.98. The molecule has 0 bridgehead atoms. The Balaban J connectivity index is 1.84. The van der Waals surface area contributed by atoms with Crippen LogP contribution in [0.2, 0.25) is 0 Å². The average Bonchev–Trinajstić information content (AvgIpc) is 2.91. The fourth-order valence-electron chi connectivity index (χ4n) is 3.13. The predicted molar refractivity (Wildman–Crippen MR) is 62.0 cm³/mol. The lowest BCUT2D eigenvalue weighted by molar-refractivity contribution is 0.0946. The van der Waals surface area contributed by atoms with E-state index in [9.17, 15) is 4.79 Å². The highest BCUT2D eigenvalue weighted by molar-refractivity contribution is 9.10. The molecule has 0 aliphatic heterocycles. The fourth-order valence-corrected chi connectivity index (χ4v) is 3.66. The molecule has 0 radical (unpaired) electrons. The Morgan fingerprint density at radius 3 is 2.50 bits per heavy atom. The van der Waals surface area contributed by atoms with Crippen LogP contribution in [0.4, 0.5) is 0 Å². The molecule has 1 heterocycles. The van der Waals surface area contributed by atoms with E-state index in [1.807, 2.05) is 0 Å². The number of ketones is 1. The van der Waals surface area contributed by atoms with Gasteiger partial charge in [-0.1, -0.05) is 18.1 Å². The van der Waals surface area contributed by atoms with Gasteiger partial charge in [0.05, 0.1) is 0 Å². The second-order valence-corrected chi connectivity index (χ2v) is 5.61. The molecule has 16 heavy (non-hydrogen) atoms. The second-order valence-electron chi connectivity index (χ2n) is 4.85. The number of aromatic nitrogens is 3. The van der Waals surface area contributed by atoms with E-state index in [0.29, 0.717) is 22.1 Å². The van der Waals surface area contributed by atoms with Crippen molar-refractivity contribution in [3.63, 3.8) is 0 Å². The van der Waals surface area contributed by atoms with Gasteiger partial charge in [-0.2, -0.15) is 0 Å². The lowest BCUT2D eigenvalue weighted by Crippen LogP contribution is -2.11. The van der Waals surface area contributed by atoms with E-state index < -0.39 is 0 Å². The Morgan fingerprint density at radius 2 is 2.00 bits per heavy atom. The standard InChI is InChI=1S/C11H14BrN3O/c1-15-9(11(12)13-14-15)10(16)8-6-4-2-3-5-7(6)8/h6-8H,2-5H2,1H3. The van der Waals surface area contributed by atoms with Crippen LogP contribution in [-0.2, 0) is 7.05 Å². The van der Waals surface area contributed by atoms with Crippen molar-refractivity contribution in [2.24, 2.45) is 24.8 Å². The van der Waals surface area contributed by atoms with Crippen molar-refractivity contribution >= 4 is 21.7 Å². The van der Waals surface area contributed by atoms with Crippen molar-refractivity contribution in [2.45, 2.75) is 25.7 Å². The normalized spacial score (nSPS) is 32.2. The van der Waals surface area contributed by atoms with E-state index >= 15 is 0 Å². The zero-order chi connectivity index (χ0) is 11.3. The van der Waals surface area contributed by atoms with Crippen LogP contribution in [0.5, 0.6) is 0 Å². The molecule has 0 spiro atoms. The van der Waals surface area contributed by atoms with Crippen LogP contribution in [-0.4, -0.2) is 20.8 Å². The minimum Gasteiger partial charge on any atom is -0.292 e. The number of carbonyl (C=O) groups is 1. The Labute approximate surface area is 103 Å². The smallest absolute Gasteiger partial charge is 0.187 e. The number of Topliss-reactive ketones (excluding diaryl/α,β-unsaturated/α-hetero) is 1. The van der Waals surface area contributed by atoms with Gasteiger partial charge in [0.25, 0.3) is 0 Å². The van der Waals surface area contributed by atoms with Gasteiger partial charge in [-0.15, -0.1) is 5.10 Å². The van der Waals surface area contributed by atoms with Crippen LogP contribution in [0.1, 0.15) is 36.2 Å². The number of hydrogen-bond acceptors (Lipinski definition) is 3. The van der Waals surface area contributed by atoms with Gasteiger partial charge in [0.2, 0.25) is 0 Å². The molecule has 4 nitrogen and oxygen atoms in total. The summed E-state index contributed by atoms with van der Waals surface area (Å²) in [5, 5.41) is 7.74. The summed E-state index contributed by atoms with van der Waals surface area (Å²) in [6.45, 7) is 0. The number of fused-ring (bicyclic) bond motifs is 1. The van der Waals surface area contributed by atoms with Gasteiger partial charge < -0.3 is 0 Å². The highest BCUT2D eigenvalue weighted by atomic mass is 79.9. The van der Waals surface area contributed by atoms with Crippen molar-refractivity contribution in [1.29, 1.82) is 0 Å². The summed E-state index contributed by atoms with van der Waals surface area (Å²) in [4.78, 5) is 12.3. The molecule has 3 rings (SSSR count). The summed E-state index contributed by atoms with van der Waals surface area (Å²) in [5.41, 5.74) is 0.638. The van der Waals surface area contributed by atoms with Crippen molar-refractivity contribution in [1.82, 2.24) is 15.0 Å². The molecule has 0 N–H and O–H groups in total. The van der Waals surface area contributed by atoms with Crippen LogP contribution in [0.3, 0.4) is 0 Å². The fraction of sp³-hybridized carbons (Fsp3) is 0.727. The predicted octanol–water partition coefficient (Wildman–Crippen LogP) is 2.20. The first-order valence-corrected chi connectivity index (χ1v) is 6.59. The van der Waals surface area contributed by atoms with Gasteiger partial charge in [0.15, 0.2) is 10.4 Å². The highest BCUT2D eigenvalue weighted by Crippen LogP contribution is 2.56. The van der Waals surface area contributed by atoms with E-state index in [1.165, 1.54) is 25.7 Å². The van der Waals surface area contributed by atoms with E-state index in [2.05, 4.69) is 26.2 Å². The third kappa shape index (κ3) is 1.44. The molecule has 86 valence electrons. The number of rotatable bonds is 2. The van der Waals surface area contributed by atoms with Gasteiger partial charge in [0, 0.05) is 13.0 Å². The number of halogens is 1. The van der Waals surface area contributed by atoms with Crippen LogP contribution in [0, 0.1) is 17.8 Å². The van der Waals surface area contributed by atoms with E-state index in [0.717, 1.165) is 0 Å². The monoisotopic (exact) mass is 283 g/mol. The summed E-state index contributed by atoms with van der Waals surface area (Å²) in [5.74, 6) is 1.76. The van der Waals surface area contributed by atoms with Gasteiger partial charge in [-0.25, -0.2) is 4.68 Å².